The van der Waals surface area contributed by atoms with Gasteiger partial charge in [0.05, 0.1) is 10.9 Å². The average Bonchev–Trinajstić information content (AvgIpc) is 2.59. The highest BCUT2D eigenvalue weighted by molar-refractivity contribution is 7.90. The van der Waals surface area contributed by atoms with E-state index in [0.717, 1.165) is 6.26 Å². The van der Waals surface area contributed by atoms with Crippen molar-refractivity contribution in [3.63, 3.8) is 0 Å². The number of carbonyl (C=O) groups is 1. The van der Waals surface area contributed by atoms with E-state index in [1.165, 1.54) is 24.3 Å². The van der Waals surface area contributed by atoms with Gasteiger partial charge in [0, 0.05) is 11.8 Å². The molecule has 24 heavy (non-hydrogen) atoms. The van der Waals surface area contributed by atoms with E-state index in [9.17, 15) is 22.7 Å². The van der Waals surface area contributed by atoms with Gasteiger partial charge in [-0.3, -0.25) is 4.79 Å². The average molecular weight is 351 g/mol. The smallest absolute Gasteiger partial charge is 0.251 e. The number of carbonyl (C=O) groups excluding carboxylic acids is 1. The Bertz CT molecular complexity index is 791. The van der Waals surface area contributed by atoms with Crippen molar-refractivity contribution in [3.8, 4) is 0 Å². The lowest BCUT2D eigenvalue weighted by Crippen LogP contribution is -2.41. The van der Waals surface area contributed by atoms with Crippen LogP contribution in [0.15, 0.2) is 59.5 Å². The number of alkyl halides is 1. The molecule has 2 aromatic rings. The number of benzene rings is 2. The molecule has 0 fully saturated rings. The number of rotatable bonds is 6. The minimum atomic E-state index is -3.35. The van der Waals surface area contributed by atoms with Gasteiger partial charge < -0.3 is 10.4 Å². The molecule has 5 nitrogen and oxygen atoms in total. The van der Waals surface area contributed by atoms with Crippen LogP contribution in [-0.2, 0) is 9.84 Å². The first-order chi connectivity index (χ1) is 11.3. The zero-order valence-electron chi connectivity index (χ0n) is 13.0. The Balaban J connectivity index is 2.14. The van der Waals surface area contributed by atoms with E-state index in [1.807, 2.05) is 0 Å². The largest absolute Gasteiger partial charge is 0.386 e. The Morgan fingerprint density at radius 2 is 1.71 bits per heavy atom. The molecule has 128 valence electrons. The van der Waals surface area contributed by atoms with Gasteiger partial charge in [0.25, 0.3) is 5.91 Å². The van der Waals surface area contributed by atoms with Crippen LogP contribution < -0.4 is 5.32 Å². The van der Waals surface area contributed by atoms with Crippen LogP contribution in [0.1, 0.15) is 22.0 Å². The number of sulfone groups is 1. The van der Waals surface area contributed by atoms with Crippen molar-refractivity contribution in [2.24, 2.45) is 0 Å². The van der Waals surface area contributed by atoms with E-state index in [4.69, 9.17) is 0 Å². The first-order valence-corrected chi connectivity index (χ1v) is 9.12. The maximum atomic E-state index is 13.3. The van der Waals surface area contributed by atoms with Crippen molar-refractivity contribution in [2.75, 3.05) is 12.9 Å². The maximum Gasteiger partial charge on any atom is 0.251 e. The summed E-state index contributed by atoms with van der Waals surface area (Å²) >= 11 is 0. The molecule has 0 bridgehead atoms. The van der Waals surface area contributed by atoms with Crippen LogP contribution in [0.2, 0.25) is 0 Å². The van der Waals surface area contributed by atoms with Crippen molar-refractivity contribution in [1.82, 2.24) is 5.32 Å². The predicted octanol–water partition coefficient (Wildman–Crippen LogP) is 1.89. The molecule has 0 saturated carbocycles. The van der Waals surface area contributed by atoms with Crippen molar-refractivity contribution < 1.29 is 22.7 Å². The molecule has 0 saturated heterocycles. The summed E-state index contributed by atoms with van der Waals surface area (Å²) in [6.07, 6.45) is -0.223. The lowest BCUT2D eigenvalue weighted by molar-refractivity contribution is 0.0791. The number of aliphatic hydroxyl groups is 1. The van der Waals surface area contributed by atoms with Gasteiger partial charge in [-0.2, -0.15) is 0 Å². The molecule has 2 atom stereocenters. The molecule has 0 heterocycles. The SMILES string of the molecule is CS(=O)(=O)c1ccc([C@@H](O)[C@H](CF)NC(=O)c2ccccc2)cc1. The molecular formula is C17H18FNO4S. The van der Waals surface area contributed by atoms with E-state index < -0.39 is 34.6 Å². The van der Waals surface area contributed by atoms with E-state index in [0.29, 0.717) is 11.1 Å². The lowest BCUT2D eigenvalue weighted by Gasteiger charge is -2.22. The Hall–Kier alpha value is -2.25. The van der Waals surface area contributed by atoms with Gasteiger partial charge in [0.1, 0.15) is 12.8 Å². The fourth-order valence-electron chi connectivity index (χ4n) is 2.19. The van der Waals surface area contributed by atoms with Crippen LogP contribution in [0, 0.1) is 0 Å². The van der Waals surface area contributed by atoms with Gasteiger partial charge in [-0.15, -0.1) is 0 Å². The summed E-state index contributed by atoms with van der Waals surface area (Å²) in [6, 6.07) is 12.6. The molecule has 0 aliphatic heterocycles. The minimum Gasteiger partial charge on any atom is -0.386 e. The molecule has 0 radical (unpaired) electrons. The molecule has 0 spiro atoms. The number of halogens is 1. The molecule has 2 rings (SSSR count). The second-order valence-electron chi connectivity index (χ2n) is 5.39. The van der Waals surface area contributed by atoms with Crippen molar-refractivity contribution in [2.45, 2.75) is 17.0 Å². The molecule has 2 aromatic carbocycles. The van der Waals surface area contributed by atoms with Gasteiger partial charge in [0.2, 0.25) is 0 Å². The summed E-state index contributed by atoms with van der Waals surface area (Å²) in [5.74, 6) is -0.495. The Morgan fingerprint density at radius 1 is 1.12 bits per heavy atom. The quantitative estimate of drug-likeness (QED) is 0.832. The van der Waals surface area contributed by atoms with Gasteiger partial charge in [-0.05, 0) is 29.8 Å². The fraction of sp³-hybridized carbons (Fsp3) is 0.235. The third kappa shape index (κ3) is 4.39. The number of nitrogens with one attached hydrogen (secondary N) is 1. The van der Waals surface area contributed by atoms with E-state index in [-0.39, 0.29) is 4.90 Å². The fourth-order valence-corrected chi connectivity index (χ4v) is 2.82. The highest BCUT2D eigenvalue weighted by Gasteiger charge is 2.23. The minimum absolute atomic E-state index is 0.101. The highest BCUT2D eigenvalue weighted by Crippen LogP contribution is 2.20. The molecule has 0 unspecified atom stereocenters. The van der Waals surface area contributed by atoms with Crippen LogP contribution in [0.4, 0.5) is 4.39 Å². The summed E-state index contributed by atoms with van der Waals surface area (Å²) in [7, 11) is -3.35. The number of amides is 1. The summed E-state index contributed by atoms with van der Waals surface area (Å²) in [4.78, 5) is 12.2. The van der Waals surface area contributed by atoms with Crippen LogP contribution >= 0.6 is 0 Å². The van der Waals surface area contributed by atoms with Crippen molar-refractivity contribution in [3.05, 3.63) is 65.7 Å². The first kappa shape index (κ1) is 18.1. The van der Waals surface area contributed by atoms with E-state index in [2.05, 4.69) is 5.32 Å². The van der Waals surface area contributed by atoms with Crippen LogP contribution in [0.5, 0.6) is 0 Å². The van der Waals surface area contributed by atoms with E-state index in [1.54, 1.807) is 30.3 Å². The number of aliphatic hydroxyl groups excluding tert-OH is 1. The normalized spacial score (nSPS) is 14.0. The molecular weight excluding hydrogens is 333 g/mol. The van der Waals surface area contributed by atoms with Crippen molar-refractivity contribution >= 4 is 15.7 Å². The van der Waals surface area contributed by atoms with Crippen LogP contribution in [0.25, 0.3) is 0 Å². The summed E-state index contributed by atoms with van der Waals surface area (Å²) in [5.41, 5.74) is 0.675. The topological polar surface area (TPSA) is 83.5 Å². The molecule has 0 aliphatic rings. The maximum absolute atomic E-state index is 13.3. The first-order valence-electron chi connectivity index (χ1n) is 7.23. The zero-order valence-corrected chi connectivity index (χ0v) is 13.8. The van der Waals surface area contributed by atoms with E-state index >= 15 is 0 Å². The van der Waals surface area contributed by atoms with Gasteiger partial charge in [0.15, 0.2) is 9.84 Å². The molecule has 7 heteroatoms. The lowest BCUT2D eigenvalue weighted by atomic mass is 10.0. The predicted molar refractivity (Wildman–Crippen MR) is 88.2 cm³/mol. The molecule has 0 aliphatic carbocycles. The highest BCUT2D eigenvalue weighted by atomic mass is 32.2. The summed E-state index contributed by atoms with van der Waals surface area (Å²) in [5, 5.41) is 12.7. The number of hydrogen-bond acceptors (Lipinski definition) is 4. The van der Waals surface area contributed by atoms with Gasteiger partial charge in [-0.1, -0.05) is 30.3 Å². The Kier molecular flexibility index (Phi) is 5.69. The molecule has 2 N–H and O–H groups in total. The monoisotopic (exact) mass is 351 g/mol. The van der Waals surface area contributed by atoms with Crippen LogP contribution in [-0.4, -0.2) is 38.4 Å². The molecule has 0 aromatic heterocycles. The van der Waals surface area contributed by atoms with Crippen molar-refractivity contribution in [1.29, 1.82) is 0 Å². The van der Waals surface area contributed by atoms with Gasteiger partial charge in [-0.25, -0.2) is 12.8 Å². The third-order valence-corrected chi connectivity index (χ3v) is 4.68. The Labute approximate surface area is 140 Å². The third-order valence-electron chi connectivity index (χ3n) is 3.55. The number of hydrogen-bond donors (Lipinski definition) is 2. The van der Waals surface area contributed by atoms with Crippen LogP contribution in [0.3, 0.4) is 0 Å². The molecule has 1 amide bonds. The Morgan fingerprint density at radius 3 is 2.21 bits per heavy atom. The standard InChI is InChI=1S/C17H18FNO4S/c1-24(22,23)14-9-7-12(8-10-14)16(20)15(11-18)19-17(21)13-5-3-2-4-6-13/h2-10,15-16,20H,11H2,1H3,(H,19,21)/t15-,16+/m0/s1. The zero-order chi connectivity index (χ0) is 17.7. The van der Waals surface area contributed by atoms with Gasteiger partial charge >= 0.3 is 0 Å². The second-order valence-corrected chi connectivity index (χ2v) is 7.40. The second kappa shape index (κ2) is 7.55. The summed E-state index contributed by atoms with van der Waals surface area (Å²) < 4.78 is 36.1. The summed E-state index contributed by atoms with van der Waals surface area (Å²) in [6.45, 7) is -0.965.